The van der Waals surface area contributed by atoms with E-state index < -0.39 is 0 Å². The fourth-order valence-corrected chi connectivity index (χ4v) is 1.49. The van der Waals surface area contributed by atoms with E-state index in [-0.39, 0.29) is 0 Å². The first kappa shape index (κ1) is 8.89. The summed E-state index contributed by atoms with van der Waals surface area (Å²) in [5, 5.41) is 1.56. The van der Waals surface area contributed by atoms with Gasteiger partial charge in [-0.15, -0.1) is 0 Å². The molecule has 0 aliphatic carbocycles. The van der Waals surface area contributed by atoms with Gasteiger partial charge in [0.05, 0.1) is 0 Å². The first-order chi connectivity index (χ1) is 5.04. The summed E-state index contributed by atoms with van der Waals surface area (Å²) in [4.78, 5) is 0. The van der Waals surface area contributed by atoms with Crippen molar-refractivity contribution in [2.24, 2.45) is 0 Å². The van der Waals surface area contributed by atoms with E-state index in [9.17, 15) is 0 Å². The maximum Gasteiger partial charge on any atom is 0.0479 e. The molecule has 11 heavy (non-hydrogen) atoms. The number of halogens is 2. The van der Waals surface area contributed by atoms with Crippen LogP contribution in [0, 0.1) is 20.8 Å². The van der Waals surface area contributed by atoms with Crippen molar-refractivity contribution in [2.45, 2.75) is 20.8 Å². The van der Waals surface area contributed by atoms with Gasteiger partial charge in [-0.3, -0.25) is 0 Å². The van der Waals surface area contributed by atoms with Crippen LogP contribution >= 0.6 is 23.2 Å². The van der Waals surface area contributed by atoms with Gasteiger partial charge in [0, 0.05) is 10.0 Å². The van der Waals surface area contributed by atoms with E-state index in [0.29, 0.717) is 0 Å². The number of rotatable bonds is 0. The van der Waals surface area contributed by atoms with Gasteiger partial charge in [0.1, 0.15) is 0 Å². The second-order valence-corrected chi connectivity index (χ2v) is 3.52. The van der Waals surface area contributed by atoms with Crippen molar-refractivity contribution in [1.29, 1.82) is 0 Å². The van der Waals surface area contributed by atoms with Gasteiger partial charge in [-0.1, -0.05) is 29.3 Å². The van der Waals surface area contributed by atoms with Crippen molar-refractivity contribution in [2.75, 3.05) is 0 Å². The molecule has 0 radical (unpaired) electrons. The van der Waals surface area contributed by atoms with Crippen molar-refractivity contribution < 1.29 is 0 Å². The van der Waals surface area contributed by atoms with Gasteiger partial charge < -0.3 is 0 Å². The lowest BCUT2D eigenvalue weighted by Crippen LogP contribution is -1.86. The van der Waals surface area contributed by atoms with E-state index in [1.165, 1.54) is 0 Å². The van der Waals surface area contributed by atoms with Gasteiger partial charge in [-0.2, -0.15) is 0 Å². The first-order valence-corrected chi connectivity index (χ1v) is 4.21. The molecule has 0 bridgehead atoms. The van der Waals surface area contributed by atoms with Crippen LogP contribution in [0.15, 0.2) is 6.07 Å². The molecular formula is C9H10Cl2. The molecule has 0 aliphatic heterocycles. The molecule has 0 aliphatic rings. The molecule has 0 N–H and O–H groups in total. The molecule has 0 aromatic heterocycles. The maximum atomic E-state index is 5.97. The SMILES string of the molecule is Cc1cc(C)c(Cl)c(C)c1Cl. The quantitative estimate of drug-likeness (QED) is 0.580. The lowest BCUT2D eigenvalue weighted by atomic mass is 10.1. The van der Waals surface area contributed by atoms with Crippen LogP contribution in [0.2, 0.25) is 10.0 Å². The van der Waals surface area contributed by atoms with E-state index in [1.807, 2.05) is 26.8 Å². The Hall–Kier alpha value is -0.200. The van der Waals surface area contributed by atoms with E-state index in [1.54, 1.807) is 0 Å². The van der Waals surface area contributed by atoms with Gasteiger partial charge >= 0.3 is 0 Å². The molecule has 1 rings (SSSR count). The molecule has 1 aromatic rings. The monoisotopic (exact) mass is 188 g/mol. The summed E-state index contributed by atoms with van der Waals surface area (Å²) < 4.78 is 0. The van der Waals surface area contributed by atoms with Crippen LogP contribution in [0.3, 0.4) is 0 Å². The molecule has 1 aromatic carbocycles. The highest BCUT2D eigenvalue weighted by Crippen LogP contribution is 2.29. The normalized spacial score (nSPS) is 10.3. The van der Waals surface area contributed by atoms with Gasteiger partial charge in [0.2, 0.25) is 0 Å². The number of hydrogen-bond acceptors (Lipinski definition) is 0. The lowest BCUT2D eigenvalue weighted by Gasteiger charge is -2.07. The fraction of sp³-hybridized carbons (Fsp3) is 0.333. The van der Waals surface area contributed by atoms with Crippen molar-refractivity contribution in [1.82, 2.24) is 0 Å². The van der Waals surface area contributed by atoms with Gasteiger partial charge in [0.25, 0.3) is 0 Å². The van der Waals surface area contributed by atoms with E-state index in [4.69, 9.17) is 23.2 Å². The Bertz CT molecular complexity index is 264. The van der Waals surface area contributed by atoms with Crippen LogP contribution < -0.4 is 0 Å². The predicted octanol–water partition coefficient (Wildman–Crippen LogP) is 3.92. The zero-order valence-electron chi connectivity index (χ0n) is 6.83. The third-order valence-corrected chi connectivity index (χ3v) is 2.95. The van der Waals surface area contributed by atoms with Gasteiger partial charge in [-0.25, -0.2) is 0 Å². The standard InChI is InChI=1S/C9H10Cl2/c1-5-4-6(2)9(11)7(3)8(5)10/h4H,1-3H3. The van der Waals surface area contributed by atoms with Gasteiger partial charge in [-0.05, 0) is 37.5 Å². The minimum Gasteiger partial charge on any atom is -0.0837 e. The van der Waals surface area contributed by atoms with Crippen LogP contribution in [0.5, 0.6) is 0 Å². The zero-order chi connectivity index (χ0) is 8.59. The molecule has 0 saturated carbocycles. The molecule has 2 heteroatoms. The third kappa shape index (κ3) is 1.52. The fourth-order valence-electron chi connectivity index (χ4n) is 1.14. The number of benzene rings is 1. The van der Waals surface area contributed by atoms with Crippen molar-refractivity contribution >= 4 is 23.2 Å². The van der Waals surface area contributed by atoms with Crippen LogP contribution in [0.4, 0.5) is 0 Å². The summed E-state index contributed by atoms with van der Waals surface area (Å²) in [6.07, 6.45) is 0. The van der Waals surface area contributed by atoms with E-state index in [0.717, 1.165) is 26.7 Å². The Labute approximate surface area is 77.1 Å². The predicted molar refractivity (Wildman–Crippen MR) is 50.7 cm³/mol. The highest BCUT2D eigenvalue weighted by molar-refractivity contribution is 6.36. The summed E-state index contributed by atoms with van der Waals surface area (Å²) in [6, 6.07) is 2.00. The van der Waals surface area contributed by atoms with Crippen molar-refractivity contribution in [3.63, 3.8) is 0 Å². The Kier molecular flexibility index (Phi) is 2.46. The molecule has 60 valence electrons. The second kappa shape index (κ2) is 3.04. The summed E-state index contributed by atoms with van der Waals surface area (Å²) >= 11 is 11.9. The summed E-state index contributed by atoms with van der Waals surface area (Å²) in [7, 11) is 0. The van der Waals surface area contributed by atoms with E-state index in [2.05, 4.69) is 0 Å². The largest absolute Gasteiger partial charge is 0.0837 e. The van der Waals surface area contributed by atoms with Crippen LogP contribution in [-0.4, -0.2) is 0 Å². The van der Waals surface area contributed by atoms with E-state index >= 15 is 0 Å². The molecular weight excluding hydrogens is 179 g/mol. The first-order valence-electron chi connectivity index (χ1n) is 3.46. The third-order valence-electron chi connectivity index (χ3n) is 1.78. The molecule has 0 atom stereocenters. The zero-order valence-corrected chi connectivity index (χ0v) is 8.35. The molecule has 0 saturated heterocycles. The highest BCUT2D eigenvalue weighted by Gasteiger charge is 2.06. The molecule has 0 heterocycles. The minimum absolute atomic E-state index is 0.778. The summed E-state index contributed by atoms with van der Waals surface area (Å²) in [5.41, 5.74) is 3.16. The van der Waals surface area contributed by atoms with Crippen LogP contribution in [0.1, 0.15) is 16.7 Å². The number of aryl methyl sites for hydroxylation is 2. The highest BCUT2D eigenvalue weighted by atomic mass is 35.5. The molecule has 0 amide bonds. The van der Waals surface area contributed by atoms with Gasteiger partial charge in [0.15, 0.2) is 0 Å². The molecule has 0 fully saturated rings. The Balaban J connectivity index is 3.46. The maximum absolute atomic E-state index is 5.97. The molecule has 0 spiro atoms. The van der Waals surface area contributed by atoms with Crippen LogP contribution in [0.25, 0.3) is 0 Å². The smallest absolute Gasteiger partial charge is 0.0479 e. The lowest BCUT2D eigenvalue weighted by molar-refractivity contribution is 1.32. The van der Waals surface area contributed by atoms with Crippen molar-refractivity contribution in [3.05, 3.63) is 32.8 Å². The minimum atomic E-state index is 0.778. The summed E-state index contributed by atoms with van der Waals surface area (Å²) in [6.45, 7) is 5.90. The Morgan fingerprint density at radius 1 is 0.909 bits per heavy atom. The molecule has 0 unspecified atom stereocenters. The summed E-state index contributed by atoms with van der Waals surface area (Å²) in [5.74, 6) is 0. The average Bonchev–Trinajstić information content (AvgIpc) is 1.97. The second-order valence-electron chi connectivity index (χ2n) is 2.76. The topological polar surface area (TPSA) is 0 Å². The number of hydrogen-bond donors (Lipinski definition) is 0. The Morgan fingerprint density at radius 3 is 1.64 bits per heavy atom. The Morgan fingerprint density at radius 2 is 1.27 bits per heavy atom. The van der Waals surface area contributed by atoms with Crippen LogP contribution in [-0.2, 0) is 0 Å². The van der Waals surface area contributed by atoms with Crippen molar-refractivity contribution in [3.8, 4) is 0 Å². The molecule has 0 nitrogen and oxygen atoms in total. The average molecular weight is 189 g/mol.